The Balaban J connectivity index is 1.12. The van der Waals surface area contributed by atoms with E-state index in [-0.39, 0.29) is 5.97 Å². The largest absolute Gasteiger partial charge is 0.489 e. The Bertz CT molecular complexity index is 1880. The van der Waals surface area contributed by atoms with E-state index in [0.717, 1.165) is 57.8 Å². The normalized spacial score (nSPS) is 15.8. The highest BCUT2D eigenvalue weighted by Crippen LogP contribution is 2.36. The Morgan fingerprint density at radius 3 is 2.30 bits per heavy atom. The van der Waals surface area contributed by atoms with Crippen molar-refractivity contribution >= 4 is 39.0 Å². The van der Waals surface area contributed by atoms with Gasteiger partial charge in [-0.2, -0.15) is 0 Å². The molecule has 9 nitrogen and oxygen atoms in total. The molecule has 0 bridgehead atoms. The van der Waals surface area contributed by atoms with Crippen molar-refractivity contribution in [2.75, 3.05) is 48.8 Å². The van der Waals surface area contributed by atoms with Gasteiger partial charge in [-0.25, -0.2) is 14.8 Å². The van der Waals surface area contributed by atoms with Crippen molar-refractivity contribution in [2.45, 2.75) is 24.7 Å². The zero-order chi connectivity index (χ0) is 31.5. The molecule has 0 saturated carbocycles. The van der Waals surface area contributed by atoms with Crippen LogP contribution in [0.3, 0.4) is 0 Å². The second-order valence-corrected chi connectivity index (χ2v) is 12.8. The first-order chi connectivity index (χ1) is 22.5. The summed E-state index contributed by atoms with van der Waals surface area (Å²) in [4.78, 5) is 32.4. The monoisotopic (exact) mass is 633 g/mol. The Morgan fingerprint density at radius 2 is 1.54 bits per heavy atom. The van der Waals surface area contributed by atoms with Gasteiger partial charge in [-0.05, 0) is 35.6 Å². The van der Waals surface area contributed by atoms with Crippen molar-refractivity contribution in [2.24, 2.45) is 0 Å². The Morgan fingerprint density at radius 1 is 0.826 bits per heavy atom. The molecule has 1 fully saturated rings. The van der Waals surface area contributed by atoms with Gasteiger partial charge >= 0.3 is 5.97 Å². The molecule has 0 radical (unpaired) electrons. The van der Waals surface area contributed by atoms with Crippen molar-refractivity contribution in [3.63, 3.8) is 0 Å². The maximum Gasteiger partial charge on any atom is 0.357 e. The lowest BCUT2D eigenvalue weighted by Gasteiger charge is -2.37. The lowest BCUT2D eigenvalue weighted by molar-refractivity contribution is -0.112. The smallest absolute Gasteiger partial charge is 0.357 e. The van der Waals surface area contributed by atoms with Gasteiger partial charge in [-0.3, -0.25) is 4.21 Å². The molecule has 1 saturated heterocycles. The van der Waals surface area contributed by atoms with Crippen molar-refractivity contribution < 1.29 is 18.6 Å². The average molecular weight is 634 g/mol. The molecule has 4 aromatic carbocycles. The fourth-order valence-corrected chi connectivity index (χ4v) is 6.52. The zero-order valence-corrected chi connectivity index (χ0v) is 26.5. The summed E-state index contributed by atoms with van der Waals surface area (Å²) in [5.41, 5.74) is 4.69. The minimum atomic E-state index is -1.35. The van der Waals surface area contributed by atoms with Crippen LogP contribution in [0.1, 0.15) is 27.2 Å². The van der Waals surface area contributed by atoms with Gasteiger partial charge in [-0.1, -0.05) is 72.8 Å². The first-order valence-electron chi connectivity index (χ1n) is 15.5. The first-order valence-corrected chi connectivity index (χ1v) is 17.0. The van der Waals surface area contributed by atoms with Crippen LogP contribution in [0.25, 0.3) is 10.8 Å². The van der Waals surface area contributed by atoms with E-state index >= 15 is 0 Å². The van der Waals surface area contributed by atoms with Crippen LogP contribution in [0.5, 0.6) is 5.75 Å². The number of nitrogens with zero attached hydrogens (tertiary/aromatic N) is 5. The third kappa shape index (κ3) is 6.45. The van der Waals surface area contributed by atoms with Crippen LogP contribution in [-0.4, -0.2) is 64.2 Å². The second-order valence-electron chi connectivity index (χ2n) is 11.5. The topological polar surface area (TPSA) is 88.1 Å². The van der Waals surface area contributed by atoms with Crippen LogP contribution < -0.4 is 14.5 Å². The molecule has 1 unspecified atom stereocenters. The summed E-state index contributed by atoms with van der Waals surface area (Å²) in [6.07, 6.45) is 2.36. The quantitative estimate of drug-likeness (QED) is 0.208. The maximum absolute atomic E-state index is 12.7. The minimum Gasteiger partial charge on any atom is -0.489 e. The van der Waals surface area contributed by atoms with Crippen LogP contribution >= 0.6 is 0 Å². The van der Waals surface area contributed by atoms with Gasteiger partial charge in [0.05, 0.1) is 41.7 Å². The molecular weight excluding hydrogens is 598 g/mol. The zero-order valence-electron chi connectivity index (χ0n) is 25.7. The first kappa shape index (κ1) is 29.9. The second kappa shape index (κ2) is 13.3. The Kier molecular flexibility index (Phi) is 8.63. The van der Waals surface area contributed by atoms with Gasteiger partial charge < -0.3 is 19.4 Å². The number of rotatable bonds is 8. The van der Waals surface area contributed by atoms with Gasteiger partial charge in [0.1, 0.15) is 18.2 Å². The predicted molar refractivity (Wildman–Crippen MR) is 179 cm³/mol. The highest BCUT2D eigenvalue weighted by molar-refractivity contribution is 7.84. The number of carbonyl (C=O) groups is 1. The molecule has 234 valence electrons. The number of carbonyl (C=O) groups excluding carboxylic acids is 1. The summed E-state index contributed by atoms with van der Waals surface area (Å²) in [7, 11) is -1.35. The van der Waals surface area contributed by atoms with E-state index in [4.69, 9.17) is 19.5 Å². The van der Waals surface area contributed by atoms with Gasteiger partial charge in [0.15, 0.2) is 0 Å². The van der Waals surface area contributed by atoms with Gasteiger partial charge in [-0.15, -0.1) is 5.06 Å². The molecule has 46 heavy (non-hydrogen) atoms. The van der Waals surface area contributed by atoms with Crippen LogP contribution in [0.4, 0.5) is 11.5 Å². The standard InChI is InChI=1S/C36H35N5O4S/c1-46(43)36-37-32-24-40(33-23-29(22-28-14-8-9-15-30(28)33)44-25-26-10-4-2-5-11-26)17-16-31(32)34(38-36)39-18-20-41(21-19-39)45-35(42)27-12-6-3-7-13-27/h2-15,22-23H,16-21,24-25H2,1H3. The predicted octanol–water partition coefficient (Wildman–Crippen LogP) is 5.40. The van der Waals surface area contributed by atoms with Crippen molar-refractivity contribution in [1.29, 1.82) is 0 Å². The van der Waals surface area contributed by atoms with Crippen LogP contribution in [0, 0.1) is 0 Å². The minimum absolute atomic E-state index is 0.332. The van der Waals surface area contributed by atoms with E-state index in [1.54, 1.807) is 23.5 Å². The molecule has 2 aliphatic heterocycles. The van der Waals surface area contributed by atoms with Crippen LogP contribution in [-0.2, 0) is 35.2 Å². The molecule has 5 aromatic rings. The van der Waals surface area contributed by atoms with Crippen molar-refractivity contribution in [1.82, 2.24) is 15.0 Å². The van der Waals surface area contributed by atoms with E-state index in [1.165, 1.54) is 0 Å². The summed E-state index contributed by atoms with van der Waals surface area (Å²) >= 11 is 0. The molecule has 2 aliphatic rings. The number of fused-ring (bicyclic) bond motifs is 2. The molecule has 0 N–H and O–H groups in total. The summed E-state index contributed by atoms with van der Waals surface area (Å²) in [6, 6.07) is 31.7. The number of aromatic nitrogens is 2. The van der Waals surface area contributed by atoms with E-state index in [2.05, 4.69) is 52.3 Å². The molecule has 7 rings (SSSR count). The van der Waals surface area contributed by atoms with E-state index in [1.807, 2.05) is 42.5 Å². The number of hydroxylamine groups is 2. The number of piperazine rings is 1. The van der Waals surface area contributed by atoms with E-state index < -0.39 is 10.8 Å². The van der Waals surface area contributed by atoms with Crippen molar-refractivity contribution in [3.8, 4) is 5.75 Å². The molecule has 0 spiro atoms. The van der Waals surface area contributed by atoms with Gasteiger partial charge in [0.2, 0.25) is 5.16 Å². The Hall–Kier alpha value is -4.80. The highest BCUT2D eigenvalue weighted by Gasteiger charge is 2.29. The number of ether oxygens (including phenoxy) is 1. The molecule has 1 atom stereocenters. The number of benzene rings is 4. The molecule has 0 aliphatic carbocycles. The molecule has 3 heterocycles. The van der Waals surface area contributed by atoms with Crippen LogP contribution in [0.2, 0.25) is 0 Å². The highest BCUT2D eigenvalue weighted by atomic mass is 32.2. The molecule has 1 aromatic heterocycles. The maximum atomic E-state index is 12.7. The summed E-state index contributed by atoms with van der Waals surface area (Å²) in [5, 5.41) is 4.29. The fourth-order valence-electron chi connectivity index (χ4n) is 6.07. The third-order valence-corrected chi connectivity index (χ3v) is 9.14. The summed E-state index contributed by atoms with van der Waals surface area (Å²) in [5.74, 6) is 1.28. The van der Waals surface area contributed by atoms with Crippen LogP contribution in [0.15, 0.2) is 102 Å². The van der Waals surface area contributed by atoms with Gasteiger partial charge in [0, 0.05) is 48.6 Å². The third-order valence-electron chi connectivity index (χ3n) is 8.44. The average Bonchev–Trinajstić information content (AvgIpc) is 3.10. The molecular formula is C36H35N5O4S. The molecule has 0 amide bonds. The summed E-state index contributed by atoms with van der Waals surface area (Å²) in [6.45, 7) is 4.15. The van der Waals surface area contributed by atoms with Crippen molar-refractivity contribution in [3.05, 3.63) is 119 Å². The Labute approximate surface area is 270 Å². The number of hydrogen-bond acceptors (Lipinski definition) is 9. The number of hydrogen-bond donors (Lipinski definition) is 0. The lowest BCUT2D eigenvalue weighted by Crippen LogP contribution is -2.48. The molecule has 10 heteroatoms. The van der Waals surface area contributed by atoms with E-state index in [9.17, 15) is 9.00 Å². The fraction of sp³-hybridized carbons (Fsp3) is 0.250. The number of anilines is 2. The lowest BCUT2D eigenvalue weighted by atomic mass is 10.0. The SMILES string of the molecule is CS(=O)c1nc2c(c(N3CCN(OC(=O)c4ccccc4)CC3)n1)CCN(c1cc(OCc3ccccc3)cc3ccccc13)C2. The van der Waals surface area contributed by atoms with Gasteiger partial charge in [0.25, 0.3) is 0 Å². The van der Waals surface area contributed by atoms with E-state index in [0.29, 0.717) is 50.1 Å². The summed E-state index contributed by atoms with van der Waals surface area (Å²) < 4.78 is 19.0.